The molecule has 0 saturated carbocycles. The van der Waals surface area contributed by atoms with Crippen molar-refractivity contribution in [2.75, 3.05) is 14.2 Å². The van der Waals surface area contributed by atoms with E-state index in [0.717, 1.165) is 6.92 Å². The molecule has 9 nitrogen and oxygen atoms in total. The van der Waals surface area contributed by atoms with Gasteiger partial charge in [-0.3, -0.25) is 14.4 Å². The number of hydrogen-bond acceptors (Lipinski definition) is 9. The summed E-state index contributed by atoms with van der Waals surface area (Å²) in [6, 6.07) is 8.31. The molecular weight excluding hydrogens is 540 g/mol. The van der Waals surface area contributed by atoms with Gasteiger partial charge in [0, 0.05) is 27.9 Å². The summed E-state index contributed by atoms with van der Waals surface area (Å²) in [5.74, 6) is -4.39. The van der Waals surface area contributed by atoms with Crippen LogP contribution in [0.2, 0.25) is 0 Å². The smallest absolute Gasteiger partial charge is 0.209 e. The molecule has 0 aromatic heterocycles. The number of rotatable bonds is 5. The van der Waals surface area contributed by atoms with Crippen LogP contribution >= 0.6 is 0 Å². The Kier molecular flexibility index (Phi) is 6.62. The number of aliphatic hydroxyl groups excluding tert-OH is 2. The van der Waals surface area contributed by atoms with E-state index in [1.54, 1.807) is 52.0 Å². The van der Waals surface area contributed by atoms with Gasteiger partial charge in [0.1, 0.15) is 34.3 Å². The van der Waals surface area contributed by atoms with Gasteiger partial charge in [-0.15, -0.1) is 0 Å². The number of phenols is 1. The zero-order chi connectivity index (χ0) is 31.1. The van der Waals surface area contributed by atoms with Crippen LogP contribution in [-0.2, 0) is 16.0 Å². The number of allylic oxidation sites excluding steroid dienone is 2. The molecule has 222 valence electrons. The molecule has 4 atom stereocenters. The normalized spacial score (nSPS) is 28.8. The van der Waals surface area contributed by atoms with E-state index in [2.05, 4.69) is 0 Å². The molecule has 0 radical (unpaired) electrons. The minimum absolute atomic E-state index is 0.00917. The Morgan fingerprint density at radius 1 is 1.00 bits per heavy atom. The first-order chi connectivity index (χ1) is 19.6. The van der Waals surface area contributed by atoms with Gasteiger partial charge in [-0.1, -0.05) is 33.8 Å². The zero-order valence-corrected chi connectivity index (χ0v) is 24.8. The number of ether oxygens (including phenoxy) is 2. The lowest BCUT2D eigenvalue weighted by Gasteiger charge is -2.59. The number of ketones is 3. The Bertz CT molecular complexity index is 1630. The first kappa shape index (κ1) is 29.4. The van der Waals surface area contributed by atoms with Gasteiger partial charge in [-0.2, -0.15) is 0 Å². The predicted octanol–water partition coefficient (Wildman–Crippen LogP) is 5.03. The number of aliphatic hydroxyl groups is 3. The first-order valence-electron chi connectivity index (χ1n) is 13.9. The fourth-order valence-corrected chi connectivity index (χ4v) is 8.01. The highest BCUT2D eigenvalue weighted by atomic mass is 16.5. The minimum atomic E-state index is -2.65. The van der Waals surface area contributed by atoms with E-state index in [1.165, 1.54) is 20.3 Å². The molecule has 0 amide bonds. The van der Waals surface area contributed by atoms with Crippen molar-refractivity contribution in [2.45, 2.75) is 53.1 Å². The summed E-state index contributed by atoms with van der Waals surface area (Å²) in [7, 11) is 3.05. The van der Waals surface area contributed by atoms with Crippen molar-refractivity contribution in [3.05, 3.63) is 64.1 Å². The number of fused-ring (bicyclic) bond motifs is 3. The largest absolute Gasteiger partial charge is 0.511 e. The fourth-order valence-electron chi connectivity index (χ4n) is 8.01. The highest BCUT2D eigenvalue weighted by Gasteiger charge is 2.71. The second-order valence-corrected chi connectivity index (χ2v) is 12.5. The van der Waals surface area contributed by atoms with E-state index in [9.17, 15) is 34.8 Å². The maximum absolute atomic E-state index is 14.3. The molecule has 42 heavy (non-hydrogen) atoms. The maximum atomic E-state index is 14.3. The lowest BCUT2D eigenvalue weighted by Crippen LogP contribution is -2.67. The molecular formula is C33H36O9. The number of carbonyl (C=O) groups is 3. The molecule has 5 rings (SSSR count). The third kappa shape index (κ3) is 3.62. The second-order valence-electron chi connectivity index (χ2n) is 12.5. The molecule has 2 aromatic carbocycles. The summed E-state index contributed by atoms with van der Waals surface area (Å²) in [4.78, 5) is 40.6. The minimum Gasteiger partial charge on any atom is -0.511 e. The van der Waals surface area contributed by atoms with Crippen LogP contribution in [0, 0.1) is 22.7 Å². The second kappa shape index (κ2) is 9.46. The molecule has 0 fully saturated rings. The van der Waals surface area contributed by atoms with Gasteiger partial charge in [-0.05, 0) is 61.1 Å². The third-order valence-corrected chi connectivity index (χ3v) is 9.59. The summed E-state index contributed by atoms with van der Waals surface area (Å²) in [6.45, 7) is 8.08. The molecule has 0 spiro atoms. The Balaban J connectivity index is 1.82. The topological polar surface area (TPSA) is 151 Å². The predicted molar refractivity (Wildman–Crippen MR) is 154 cm³/mol. The lowest BCUT2D eigenvalue weighted by atomic mass is 9.44. The van der Waals surface area contributed by atoms with Gasteiger partial charge in [0.2, 0.25) is 5.78 Å². The van der Waals surface area contributed by atoms with Crippen LogP contribution in [0.5, 0.6) is 17.2 Å². The molecule has 3 aliphatic carbocycles. The quantitative estimate of drug-likeness (QED) is 0.359. The molecule has 2 aromatic rings. The molecule has 0 saturated heterocycles. The summed E-state index contributed by atoms with van der Waals surface area (Å²) >= 11 is 0. The van der Waals surface area contributed by atoms with Gasteiger partial charge in [0.15, 0.2) is 17.2 Å². The van der Waals surface area contributed by atoms with Crippen molar-refractivity contribution in [2.24, 2.45) is 22.7 Å². The Labute approximate surface area is 244 Å². The molecule has 3 aliphatic rings. The fraction of sp³-hybridized carbons (Fsp3) is 0.424. The van der Waals surface area contributed by atoms with Gasteiger partial charge < -0.3 is 29.9 Å². The molecule has 0 bridgehead atoms. The van der Waals surface area contributed by atoms with Crippen molar-refractivity contribution >= 4 is 17.3 Å². The van der Waals surface area contributed by atoms with E-state index in [0.29, 0.717) is 28.2 Å². The maximum Gasteiger partial charge on any atom is 0.209 e. The van der Waals surface area contributed by atoms with Gasteiger partial charge >= 0.3 is 0 Å². The van der Waals surface area contributed by atoms with Crippen molar-refractivity contribution in [1.82, 2.24) is 0 Å². The van der Waals surface area contributed by atoms with Crippen LogP contribution in [-0.4, -0.2) is 57.6 Å². The average Bonchev–Trinajstić information content (AvgIpc) is 2.90. The Morgan fingerprint density at radius 2 is 1.67 bits per heavy atom. The summed E-state index contributed by atoms with van der Waals surface area (Å²) in [5, 5.41) is 46.2. The number of benzene rings is 2. The molecule has 1 unspecified atom stereocenters. The number of aromatic hydroxyl groups is 1. The standard InChI is InChI=1S/C33H36O9/c1-15(2)25-27(36)23(16(3)34)29(38)33(40)30(39)26-28(37)24-20(13-31(26,4)14-32(25,33)5)18(9-10-21(24)35)19-12-17(41-6)8-11-22(19)42-7/h8-12,15,25,35-36,39-40H,13-14H2,1-7H3/t25?,31-,32-,33+/m1/s1. The number of hydrogen-bond donors (Lipinski definition) is 4. The highest BCUT2D eigenvalue weighted by molar-refractivity contribution is 6.25. The van der Waals surface area contributed by atoms with E-state index in [1.807, 2.05) is 0 Å². The summed E-state index contributed by atoms with van der Waals surface area (Å²) in [5.41, 5.74) is -4.37. The third-order valence-electron chi connectivity index (χ3n) is 9.59. The molecule has 9 heteroatoms. The van der Waals surface area contributed by atoms with Crippen LogP contribution < -0.4 is 9.47 Å². The van der Waals surface area contributed by atoms with E-state index in [-0.39, 0.29) is 35.6 Å². The number of Topliss-reactive ketones (excluding diaryl/α,β-unsaturated/α-hetero) is 3. The SMILES string of the molecule is COc1ccc(OC)c(-c2ccc(O)c3c2C[C@]2(C)C[C@]4(C)C(C(C)C)C(O)=C(C(C)=O)C(=O)[C@]4(O)C(O)=C2C3=O)c1. The van der Waals surface area contributed by atoms with E-state index >= 15 is 0 Å². The number of phenolic OH excluding ortho intramolecular Hbond substituents is 1. The van der Waals surface area contributed by atoms with Crippen LogP contribution in [0.4, 0.5) is 0 Å². The lowest BCUT2D eigenvalue weighted by molar-refractivity contribution is -0.171. The van der Waals surface area contributed by atoms with Gasteiger partial charge in [0.25, 0.3) is 0 Å². The van der Waals surface area contributed by atoms with Crippen molar-refractivity contribution < 1.29 is 44.3 Å². The molecule has 4 N–H and O–H groups in total. The van der Waals surface area contributed by atoms with Crippen molar-refractivity contribution in [1.29, 1.82) is 0 Å². The Hall–Kier alpha value is -4.11. The van der Waals surface area contributed by atoms with E-state index < -0.39 is 56.8 Å². The van der Waals surface area contributed by atoms with Crippen molar-refractivity contribution in [3.63, 3.8) is 0 Å². The number of methoxy groups -OCH3 is 2. The first-order valence-corrected chi connectivity index (χ1v) is 13.9. The monoisotopic (exact) mass is 576 g/mol. The van der Waals surface area contributed by atoms with Crippen LogP contribution in [0.1, 0.15) is 57.0 Å². The summed E-state index contributed by atoms with van der Waals surface area (Å²) in [6.07, 6.45) is 0.154. The average molecular weight is 577 g/mol. The van der Waals surface area contributed by atoms with Crippen LogP contribution in [0.15, 0.2) is 53.0 Å². The zero-order valence-electron chi connectivity index (χ0n) is 24.8. The highest BCUT2D eigenvalue weighted by Crippen LogP contribution is 2.65. The van der Waals surface area contributed by atoms with E-state index in [4.69, 9.17) is 9.47 Å². The van der Waals surface area contributed by atoms with Gasteiger partial charge in [-0.25, -0.2) is 0 Å². The Morgan fingerprint density at radius 3 is 2.24 bits per heavy atom. The number of carbonyl (C=O) groups excluding carboxylic acids is 3. The van der Waals surface area contributed by atoms with Gasteiger partial charge in [0.05, 0.1) is 19.8 Å². The molecule has 0 aliphatic heterocycles. The van der Waals surface area contributed by atoms with Crippen molar-refractivity contribution in [3.8, 4) is 28.4 Å². The molecule has 0 heterocycles. The summed E-state index contributed by atoms with van der Waals surface area (Å²) < 4.78 is 11.0. The van der Waals surface area contributed by atoms with Crippen LogP contribution in [0.25, 0.3) is 11.1 Å². The van der Waals surface area contributed by atoms with Crippen LogP contribution in [0.3, 0.4) is 0 Å².